The van der Waals surface area contributed by atoms with Crippen molar-refractivity contribution in [2.45, 2.75) is 25.7 Å². The van der Waals surface area contributed by atoms with Gasteiger partial charge < -0.3 is 9.47 Å². The van der Waals surface area contributed by atoms with Crippen molar-refractivity contribution in [2.75, 3.05) is 14.2 Å². The monoisotopic (exact) mass is 226 g/mol. The van der Waals surface area contributed by atoms with Gasteiger partial charge >= 0.3 is 11.9 Å². The molecule has 4 nitrogen and oxygen atoms in total. The lowest BCUT2D eigenvalue weighted by Gasteiger charge is -2.25. The summed E-state index contributed by atoms with van der Waals surface area (Å²) < 4.78 is 9.48. The standard InChI is InChI=1S/C12H18O4/c1-15-11(13)6-8-4-9-3-7(8)5-10(9)12(14)16-2/h7-10H,3-6H2,1-2H3/t7-,8+,9-,10-/m0/s1. The van der Waals surface area contributed by atoms with E-state index in [2.05, 4.69) is 4.74 Å². The molecule has 0 saturated heterocycles. The number of carbonyl (C=O) groups is 2. The minimum Gasteiger partial charge on any atom is -0.469 e. The van der Waals surface area contributed by atoms with E-state index in [0.717, 1.165) is 19.3 Å². The van der Waals surface area contributed by atoms with Gasteiger partial charge in [0.15, 0.2) is 0 Å². The average molecular weight is 226 g/mol. The van der Waals surface area contributed by atoms with Gasteiger partial charge in [-0.25, -0.2) is 0 Å². The molecule has 90 valence electrons. The Balaban J connectivity index is 1.90. The van der Waals surface area contributed by atoms with Crippen molar-refractivity contribution in [3.8, 4) is 0 Å². The summed E-state index contributed by atoms with van der Waals surface area (Å²) >= 11 is 0. The highest BCUT2D eigenvalue weighted by Gasteiger charge is 2.49. The lowest BCUT2D eigenvalue weighted by Crippen LogP contribution is -2.26. The zero-order chi connectivity index (χ0) is 11.7. The van der Waals surface area contributed by atoms with E-state index in [-0.39, 0.29) is 17.9 Å². The summed E-state index contributed by atoms with van der Waals surface area (Å²) in [6, 6.07) is 0. The molecule has 2 aliphatic carbocycles. The minimum atomic E-state index is -0.132. The molecule has 2 rings (SSSR count). The van der Waals surface area contributed by atoms with Gasteiger partial charge in [0, 0.05) is 6.42 Å². The number of hydrogen-bond acceptors (Lipinski definition) is 4. The highest BCUT2D eigenvalue weighted by atomic mass is 16.5. The van der Waals surface area contributed by atoms with E-state index in [9.17, 15) is 9.59 Å². The van der Waals surface area contributed by atoms with Crippen LogP contribution in [0.4, 0.5) is 0 Å². The Bertz CT molecular complexity index is 299. The Kier molecular flexibility index (Phi) is 3.17. The van der Waals surface area contributed by atoms with Gasteiger partial charge in [-0.2, -0.15) is 0 Å². The Morgan fingerprint density at radius 2 is 1.81 bits per heavy atom. The largest absolute Gasteiger partial charge is 0.469 e. The second-order valence-electron chi connectivity index (χ2n) is 4.90. The average Bonchev–Trinajstić information content (AvgIpc) is 2.87. The molecule has 2 bridgehead atoms. The molecule has 4 heteroatoms. The number of fused-ring (bicyclic) bond motifs is 2. The van der Waals surface area contributed by atoms with E-state index < -0.39 is 0 Å². The van der Waals surface area contributed by atoms with Gasteiger partial charge in [-0.15, -0.1) is 0 Å². The molecule has 2 aliphatic rings. The van der Waals surface area contributed by atoms with Crippen LogP contribution in [-0.2, 0) is 19.1 Å². The van der Waals surface area contributed by atoms with Crippen molar-refractivity contribution in [1.82, 2.24) is 0 Å². The van der Waals surface area contributed by atoms with E-state index in [4.69, 9.17) is 4.74 Å². The smallest absolute Gasteiger partial charge is 0.308 e. The van der Waals surface area contributed by atoms with Crippen LogP contribution < -0.4 is 0 Å². The summed E-state index contributed by atoms with van der Waals surface area (Å²) in [7, 11) is 2.87. The van der Waals surface area contributed by atoms with Crippen LogP contribution in [0.25, 0.3) is 0 Å². The third kappa shape index (κ3) is 1.93. The Morgan fingerprint density at radius 1 is 1.06 bits per heavy atom. The van der Waals surface area contributed by atoms with Gasteiger partial charge in [0.2, 0.25) is 0 Å². The normalized spacial score (nSPS) is 36.1. The predicted molar refractivity (Wildman–Crippen MR) is 56.5 cm³/mol. The summed E-state index contributed by atoms with van der Waals surface area (Å²) in [4.78, 5) is 22.7. The van der Waals surface area contributed by atoms with Crippen LogP contribution in [0.2, 0.25) is 0 Å². The molecule has 0 heterocycles. The molecule has 0 spiro atoms. The maximum Gasteiger partial charge on any atom is 0.308 e. The second-order valence-corrected chi connectivity index (χ2v) is 4.90. The molecule has 2 fully saturated rings. The summed E-state index contributed by atoms with van der Waals surface area (Å²) in [6.45, 7) is 0. The summed E-state index contributed by atoms with van der Waals surface area (Å²) in [6.07, 6.45) is 3.44. The van der Waals surface area contributed by atoms with Crippen molar-refractivity contribution in [3.05, 3.63) is 0 Å². The third-order valence-corrected chi connectivity index (χ3v) is 4.16. The molecule has 0 unspecified atom stereocenters. The number of carbonyl (C=O) groups excluding carboxylic acids is 2. The number of ether oxygens (including phenoxy) is 2. The molecular weight excluding hydrogens is 208 g/mol. The summed E-state index contributed by atoms with van der Waals surface area (Å²) in [5.41, 5.74) is 0. The van der Waals surface area contributed by atoms with E-state index in [1.165, 1.54) is 14.2 Å². The summed E-state index contributed by atoms with van der Waals surface area (Å²) in [5.74, 6) is 1.21. The molecule has 0 aliphatic heterocycles. The van der Waals surface area contributed by atoms with Crippen molar-refractivity contribution < 1.29 is 19.1 Å². The van der Waals surface area contributed by atoms with Gasteiger partial charge in [-0.05, 0) is 37.0 Å². The highest BCUT2D eigenvalue weighted by molar-refractivity contribution is 5.73. The lowest BCUT2D eigenvalue weighted by molar-refractivity contribution is -0.147. The van der Waals surface area contributed by atoms with Gasteiger partial charge in [0.25, 0.3) is 0 Å². The number of hydrogen-bond donors (Lipinski definition) is 0. The molecule has 0 aromatic heterocycles. The van der Waals surface area contributed by atoms with Crippen LogP contribution in [0.1, 0.15) is 25.7 Å². The molecule has 0 radical (unpaired) electrons. The van der Waals surface area contributed by atoms with Crippen LogP contribution in [-0.4, -0.2) is 26.2 Å². The highest BCUT2D eigenvalue weighted by Crippen LogP contribution is 2.53. The predicted octanol–water partition coefficient (Wildman–Crippen LogP) is 1.38. The van der Waals surface area contributed by atoms with Gasteiger partial charge in [-0.3, -0.25) is 9.59 Å². The zero-order valence-corrected chi connectivity index (χ0v) is 9.77. The Morgan fingerprint density at radius 3 is 2.31 bits per heavy atom. The fourth-order valence-corrected chi connectivity index (χ4v) is 3.38. The van der Waals surface area contributed by atoms with E-state index in [0.29, 0.717) is 24.2 Å². The van der Waals surface area contributed by atoms with Crippen LogP contribution in [0.5, 0.6) is 0 Å². The molecule has 16 heavy (non-hydrogen) atoms. The molecule has 4 atom stereocenters. The van der Waals surface area contributed by atoms with Crippen molar-refractivity contribution in [2.24, 2.45) is 23.7 Å². The summed E-state index contributed by atoms with van der Waals surface area (Å²) in [5, 5.41) is 0. The molecule has 0 aromatic rings. The maximum absolute atomic E-state index is 11.5. The molecule has 0 amide bonds. The fourth-order valence-electron chi connectivity index (χ4n) is 3.38. The van der Waals surface area contributed by atoms with Crippen LogP contribution in [0.15, 0.2) is 0 Å². The second kappa shape index (κ2) is 4.44. The van der Waals surface area contributed by atoms with Crippen molar-refractivity contribution in [1.29, 1.82) is 0 Å². The number of rotatable bonds is 3. The number of methoxy groups -OCH3 is 2. The van der Waals surface area contributed by atoms with Crippen molar-refractivity contribution >= 4 is 11.9 Å². The topological polar surface area (TPSA) is 52.6 Å². The fraction of sp³-hybridized carbons (Fsp3) is 0.833. The van der Waals surface area contributed by atoms with E-state index in [1.807, 2.05) is 0 Å². The zero-order valence-electron chi connectivity index (χ0n) is 9.77. The molecule has 0 aromatic carbocycles. The van der Waals surface area contributed by atoms with E-state index in [1.54, 1.807) is 0 Å². The van der Waals surface area contributed by atoms with E-state index >= 15 is 0 Å². The number of esters is 2. The van der Waals surface area contributed by atoms with Crippen LogP contribution >= 0.6 is 0 Å². The molecule has 2 saturated carbocycles. The first-order valence-electron chi connectivity index (χ1n) is 5.80. The first-order valence-corrected chi connectivity index (χ1v) is 5.80. The SMILES string of the molecule is COC(=O)C[C@H]1C[C@@H]2C[C@H]1C[C@@H]2C(=O)OC. The first-order chi connectivity index (χ1) is 7.65. The van der Waals surface area contributed by atoms with Gasteiger partial charge in [-0.1, -0.05) is 0 Å². The molecule has 0 N–H and O–H groups in total. The Hall–Kier alpha value is -1.06. The third-order valence-electron chi connectivity index (χ3n) is 4.16. The molecular formula is C12H18O4. The minimum absolute atomic E-state index is 0.0731. The van der Waals surface area contributed by atoms with Crippen LogP contribution in [0.3, 0.4) is 0 Å². The quantitative estimate of drug-likeness (QED) is 0.682. The van der Waals surface area contributed by atoms with Crippen LogP contribution in [0, 0.1) is 23.7 Å². The van der Waals surface area contributed by atoms with Gasteiger partial charge in [0.1, 0.15) is 0 Å². The van der Waals surface area contributed by atoms with Crippen molar-refractivity contribution in [3.63, 3.8) is 0 Å². The van der Waals surface area contributed by atoms with Gasteiger partial charge in [0.05, 0.1) is 20.1 Å². The first kappa shape index (κ1) is 11.4. The maximum atomic E-state index is 11.5. The Labute approximate surface area is 95.3 Å². The lowest BCUT2D eigenvalue weighted by atomic mass is 9.80.